The van der Waals surface area contributed by atoms with Gasteiger partial charge >= 0.3 is 0 Å². The van der Waals surface area contributed by atoms with Crippen LogP contribution >= 0.6 is 23.2 Å². The van der Waals surface area contributed by atoms with E-state index in [1.807, 2.05) is 0 Å². The van der Waals surface area contributed by atoms with Gasteiger partial charge in [-0.3, -0.25) is 5.84 Å². The molecular formula is C13H10Cl2F2N2. The molecule has 6 heteroatoms. The zero-order valence-electron chi connectivity index (χ0n) is 9.63. The SMILES string of the molecule is NNC(c1ccc(F)c(Cl)c1)c1cc(F)ccc1Cl. The van der Waals surface area contributed by atoms with Gasteiger partial charge in [0, 0.05) is 5.02 Å². The van der Waals surface area contributed by atoms with Crippen LogP contribution in [-0.4, -0.2) is 0 Å². The molecule has 0 radical (unpaired) electrons. The summed E-state index contributed by atoms with van der Waals surface area (Å²) in [6, 6.07) is 7.51. The third-order valence-corrected chi connectivity index (χ3v) is 3.35. The minimum absolute atomic E-state index is 0.0368. The van der Waals surface area contributed by atoms with Crippen LogP contribution in [0.5, 0.6) is 0 Å². The normalized spacial score (nSPS) is 12.5. The second kappa shape index (κ2) is 5.84. The van der Waals surface area contributed by atoms with E-state index in [9.17, 15) is 8.78 Å². The first-order valence-corrected chi connectivity index (χ1v) is 6.14. The van der Waals surface area contributed by atoms with E-state index in [1.165, 1.54) is 36.4 Å². The van der Waals surface area contributed by atoms with E-state index in [0.717, 1.165) is 0 Å². The van der Waals surface area contributed by atoms with E-state index in [0.29, 0.717) is 16.1 Å². The largest absolute Gasteiger partial charge is 0.271 e. The lowest BCUT2D eigenvalue weighted by Crippen LogP contribution is -2.29. The van der Waals surface area contributed by atoms with Crippen molar-refractivity contribution in [3.63, 3.8) is 0 Å². The highest BCUT2D eigenvalue weighted by Crippen LogP contribution is 2.30. The van der Waals surface area contributed by atoms with Crippen molar-refractivity contribution in [1.29, 1.82) is 0 Å². The molecule has 19 heavy (non-hydrogen) atoms. The highest BCUT2D eigenvalue weighted by molar-refractivity contribution is 6.31. The molecule has 2 aromatic carbocycles. The second-order valence-corrected chi connectivity index (χ2v) is 4.75. The summed E-state index contributed by atoms with van der Waals surface area (Å²) in [6.07, 6.45) is 0. The van der Waals surface area contributed by atoms with E-state index in [2.05, 4.69) is 5.43 Å². The molecule has 0 aliphatic heterocycles. The molecule has 0 fully saturated rings. The van der Waals surface area contributed by atoms with Gasteiger partial charge < -0.3 is 0 Å². The van der Waals surface area contributed by atoms with Crippen molar-refractivity contribution in [3.8, 4) is 0 Å². The number of hydrogen-bond donors (Lipinski definition) is 2. The van der Waals surface area contributed by atoms with E-state index in [4.69, 9.17) is 29.0 Å². The fourth-order valence-corrected chi connectivity index (χ4v) is 2.21. The molecule has 0 aliphatic carbocycles. The molecule has 1 atom stereocenters. The van der Waals surface area contributed by atoms with Crippen LogP contribution in [0.1, 0.15) is 17.2 Å². The van der Waals surface area contributed by atoms with Crippen molar-refractivity contribution in [2.75, 3.05) is 0 Å². The van der Waals surface area contributed by atoms with Crippen molar-refractivity contribution >= 4 is 23.2 Å². The number of hydrogen-bond acceptors (Lipinski definition) is 2. The van der Waals surface area contributed by atoms with Gasteiger partial charge in [-0.25, -0.2) is 14.2 Å². The molecule has 0 bridgehead atoms. The molecule has 0 saturated carbocycles. The van der Waals surface area contributed by atoms with Crippen molar-refractivity contribution in [3.05, 3.63) is 69.2 Å². The number of nitrogens with two attached hydrogens (primary N) is 1. The van der Waals surface area contributed by atoms with Crippen LogP contribution in [0, 0.1) is 11.6 Å². The highest BCUT2D eigenvalue weighted by atomic mass is 35.5. The second-order valence-electron chi connectivity index (χ2n) is 3.94. The quantitative estimate of drug-likeness (QED) is 0.668. The number of nitrogens with one attached hydrogen (secondary N) is 1. The van der Waals surface area contributed by atoms with Crippen molar-refractivity contribution in [2.24, 2.45) is 5.84 Å². The van der Waals surface area contributed by atoms with Crippen LogP contribution in [0.15, 0.2) is 36.4 Å². The Bertz CT molecular complexity index is 605. The van der Waals surface area contributed by atoms with Gasteiger partial charge in [-0.05, 0) is 41.5 Å². The molecule has 0 amide bonds. The zero-order valence-corrected chi connectivity index (χ0v) is 11.1. The fourth-order valence-electron chi connectivity index (χ4n) is 1.79. The molecule has 3 N–H and O–H groups in total. The lowest BCUT2D eigenvalue weighted by molar-refractivity contribution is 0.601. The molecular weight excluding hydrogens is 293 g/mol. The Kier molecular flexibility index (Phi) is 4.37. The Morgan fingerprint density at radius 3 is 2.37 bits per heavy atom. The predicted octanol–water partition coefficient (Wildman–Crippen LogP) is 3.82. The molecule has 0 aliphatic rings. The van der Waals surface area contributed by atoms with Gasteiger partial charge in [-0.15, -0.1) is 0 Å². The molecule has 1 unspecified atom stereocenters. The van der Waals surface area contributed by atoms with Crippen molar-refractivity contribution in [2.45, 2.75) is 6.04 Å². The summed E-state index contributed by atoms with van der Waals surface area (Å²) < 4.78 is 26.4. The summed E-state index contributed by atoms with van der Waals surface area (Å²) in [4.78, 5) is 0. The summed E-state index contributed by atoms with van der Waals surface area (Å²) in [7, 11) is 0. The van der Waals surface area contributed by atoms with Crippen molar-refractivity contribution < 1.29 is 8.78 Å². The maximum atomic E-state index is 13.3. The molecule has 0 aromatic heterocycles. The summed E-state index contributed by atoms with van der Waals surface area (Å²) in [5, 5.41) is 0.315. The molecule has 100 valence electrons. The number of halogens is 4. The maximum absolute atomic E-state index is 13.3. The summed E-state index contributed by atoms with van der Waals surface area (Å²) >= 11 is 11.7. The first-order valence-electron chi connectivity index (χ1n) is 5.39. The molecule has 2 aromatic rings. The van der Waals surface area contributed by atoms with Gasteiger partial charge in [0.1, 0.15) is 11.6 Å². The van der Waals surface area contributed by atoms with E-state index < -0.39 is 17.7 Å². The molecule has 0 spiro atoms. The average Bonchev–Trinajstić information content (AvgIpc) is 2.38. The van der Waals surface area contributed by atoms with Crippen LogP contribution in [0.3, 0.4) is 0 Å². The smallest absolute Gasteiger partial charge is 0.141 e. The van der Waals surface area contributed by atoms with Gasteiger partial charge in [0.25, 0.3) is 0 Å². The average molecular weight is 303 g/mol. The van der Waals surface area contributed by atoms with E-state index in [1.54, 1.807) is 0 Å². The lowest BCUT2D eigenvalue weighted by Gasteiger charge is -2.18. The Morgan fingerprint density at radius 2 is 1.74 bits per heavy atom. The molecule has 0 saturated heterocycles. The van der Waals surface area contributed by atoms with E-state index >= 15 is 0 Å². The van der Waals surface area contributed by atoms with E-state index in [-0.39, 0.29) is 5.02 Å². The van der Waals surface area contributed by atoms with Crippen LogP contribution in [0.25, 0.3) is 0 Å². The van der Waals surface area contributed by atoms with Crippen LogP contribution in [-0.2, 0) is 0 Å². The van der Waals surface area contributed by atoms with Crippen molar-refractivity contribution in [1.82, 2.24) is 5.43 Å². The minimum atomic E-state index is -0.582. The van der Waals surface area contributed by atoms with Gasteiger partial charge in [-0.2, -0.15) is 0 Å². The maximum Gasteiger partial charge on any atom is 0.141 e. The highest BCUT2D eigenvalue weighted by Gasteiger charge is 2.17. The molecule has 2 rings (SSSR count). The fraction of sp³-hybridized carbons (Fsp3) is 0.0769. The Morgan fingerprint density at radius 1 is 1.00 bits per heavy atom. The molecule has 2 nitrogen and oxygen atoms in total. The monoisotopic (exact) mass is 302 g/mol. The van der Waals surface area contributed by atoms with Crippen LogP contribution < -0.4 is 11.3 Å². The third kappa shape index (κ3) is 3.04. The number of benzene rings is 2. The predicted molar refractivity (Wildman–Crippen MR) is 72.0 cm³/mol. The standard InChI is InChI=1S/C13H10Cl2F2N2/c14-10-3-2-8(16)6-9(10)13(19-18)7-1-4-12(17)11(15)5-7/h1-6,13,19H,18H2. The van der Waals surface area contributed by atoms with Gasteiger partial charge in [0.2, 0.25) is 0 Å². The molecule has 0 heterocycles. The first kappa shape index (κ1) is 14.2. The van der Waals surface area contributed by atoms with Gasteiger partial charge in [-0.1, -0.05) is 29.3 Å². The Hall–Kier alpha value is -1.20. The summed E-state index contributed by atoms with van der Waals surface area (Å²) in [6.45, 7) is 0. The number of hydrazine groups is 1. The lowest BCUT2D eigenvalue weighted by atomic mass is 9.99. The first-order chi connectivity index (χ1) is 9.02. The third-order valence-electron chi connectivity index (χ3n) is 2.71. The topological polar surface area (TPSA) is 38.0 Å². The zero-order chi connectivity index (χ0) is 14.0. The van der Waals surface area contributed by atoms with Crippen LogP contribution in [0.4, 0.5) is 8.78 Å². The summed E-state index contributed by atoms with van der Waals surface area (Å²) in [5.74, 6) is 4.50. The van der Waals surface area contributed by atoms with Gasteiger partial charge in [0.05, 0.1) is 11.1 Å². The summed E-state index contributed by atoms with van der Waals surface area (Å²) in [5.41, 5.74) is 3.55. The minimum Gasteiger partial charge on any atom is -0.271 e. The van der Waals surface area contributed by atoms with Gasteiger partial charge in [0.15, 0.2) is 0 Å². The number of rotatable bonds is 3. The Labute approximate surface area is 119 Å². The Balaban J connectivity index is 2.49. The van der Waals surface area contributed by atoms with Crippen LogP contribution in [0.2, 0.25) is 10.0 Å².